The van der Waals surface area contributed by atoms with Crippen molar-refractivity contribution in [2.24, 2.45) is 5.10 Å². The van der Waals surface area contributed by atoms with E-state index in [-0.39, 0.29) is 11.7 Å². The molecule has 7 nitrogen and oxygen atoms in total. The number of hydrogen-bond donors (Lipinski definition) is 1. The highest BCUT2D eigenvalue weighted by Gasteiger charge is 2.17. The van der Waals surface area contributed by atoms with Gasteiger partial charge in [-0.05, 0) is 49.6 Å². The van der Waals surface area contributed by atoms with Crippen molar-refractivity contribution in [3.05, 3.63) is 77.0 Å². The Kier molecular flexibility index (Phi) is 7.54. The number of amides is 1. The van der Waals surface area contributed by atoms with Crippen LogP contribution in [0.3, 0.4) is 0 Å². The minimum Gasteiger partial charge on any atom is -0.494 e. The van der Waals surface area contributed by atoms with Crippen LogP contribution in [0.25, 0.3) is 17.1 Å². The predicted octanol–water partition coefficient (Wildman–Crippen LogP) is 5.03. The van der Waals surface area contributed by atoms with E-state index < -0.39 is 0 Å². The van der Waals surface area contributed by atoms with Gasteiger partial charge in [0.1, 0.15) is 5.75 Å². The van der Waals surface area contributed by atoms with Gasteiger partial charge in [0.05, 0.1) is 18.1 Å². The van der Waals surface area contributed by atoms with Crippen LogP contribution in [0.5, 0.6) is 5.75 Å². The lowest BCUT2D eigenvalue weighted by molar-refractivity contribution is -0.118. The summed E-state index contributed by atoms with van der Waals surface area (Å²) >= 11 is 2.89. The molecule has 0 aliphatic heterocycles. The van der Waals surface area contributed by atoms with Crippen molar-refractivity contribution in [2.45, 2.75) is 19.0 Å². The zero-order chi connectivity index (χ0) is 23.0. The van der Waals surface area contributed by atoms with Crippen LogP contribution < -0.4 is 10.2 Å². The number of carbonyl (C=O) groups excluding carboxylic acids is 1. The van der Waals surface area contributed by atoms with E-state index in [1.165, 1.54) is 11.8 Å². The van der Waals surface area contributed by atoms with E-state index >= 15 is 0 Å². The SMILES string of the molecule is CCOc1ccc(-n2c(SCC(=O)N/N=C(/C)c3cccs3)nnc2-c2ccccc2)cc1. The zero-order valence-corrected chi connectivity index (χ0v) is 19.9. The third kappa shape index (κ3) is 5.68. The molecule has 4 rings (SSSR count). The molecule has 9 heteroatoms. The van der Waals surface area contributed by atoms with Crippen LogP contribution in [0.15, 0.2) is 82.4 Å². The summed E-state index contributed by atoms with van der Waals surface area (Å²) in [4.78, 5) is 13.4. The first kappa shape index (κ1) is 22.8. The van der Waals surface area contributed by atoms with E-state index in [2.05, 4.69) is 20.7 Å². The maximum atomic E-state index is 12.4. The van der Waals surface area contributed by atoms with Gasteiger partial charge in [-0.3, -0.25) is 9.36 Å². The summed E-state index contributed by atoms with van der Waals surface area (Å²) in [7, 11) is 0. The van der Waals surface area contributed by atoms with E-state index in [0.717, 1.165) is 27.6 Å². The average molecular weight is 478 g/mol. The fourth-order valence-corrected chi connectivity index (χ4v) is 4.50. The average Bonchev–Trinajstić information content (AvgIpc) is 3.53. The molecule has 0 unspecified atom stereocenters. The number of carbonyl (C=O) groups is 1. The summed E-state index contributed by atoms with van der Waals surface area (Å²) in [5.74, 6) is 1.45. The van der Waals surface area contributed by atoms with E-state index in [9.17, 15) is 4.79 Å². The molecule has 0 bridgehead atoms. The molecule has 0 atom stereocenters. The zero-order valence-electron chi connectivity index (χ0n) is 18.3. The monoisotopic (exact) mass is 477 g/mol. The molecule has 0 radical (unpaired) electrons. The summed E-state index contributed by atoms with van der Waals surface area (Å²) in [6.45, 7) is 4.42. The number of nitrogens with one attached hydrogen (secondary N) is 1. The molecule has 0 fully saturated rings. The van der Waals surface area contributed by atoms with Gasteiger partial charge < -0.3 is 4.74 Å². The number of hydrogen-bond acceptors (Lipinski definition) is 7. The summed E-state index contributed by atoms with van der Waals surface area (Å²) in [5, 5.41) is 15.6. The second kappa shape index (κ2) is 10.9. The number of nitrogens with zero attached hydrogens (tertiary/aromatic N) is 4. The van der Waals surface area contributed by atoms with Gasteiger partial charge in [0.15, 0.2) is 11.0 Å². The van der Waals surface area contributed by atoms with Crippen molar-refractivity contribution in [1.82, 2.24) is 20.2 Å². The van der Waals surface area contributed by atoms with Crippen molar-refractivity contribution in [1.29, 1.82) is 0 Å². The number of thiophene rings is 1. The van der Waals surface area contributed by atoms with Crippen molar-refractivity contribution in [3.63, 3.8) is 0 Å². The Morgan fingerprint density at radius 3 is 2.58 bits per heavy atom. The van der Waals surface area contributed by atoms with Crippen LogP contribution in [-0.2, 0) is 4.79 Å². The quantitative estimate of drug-likeness (QED) is 0.208. The summed E-state index contributed by atoms with van der Waals surface area (Å²) < 4.78 is 7.51. The Labute approximate surface area is 200 Å². The summed E-state index contributed by atoms with van der Waals surface area (Å²) in [6.07, 6.45) is 0. The number of ether oxygens (including phenoxy) is 1. The highest BCUT2D eigenvalue weighted by Crippen LogP contribution is 2.28. The third-order valence-corrected chi connectivity index (χ3v) is 6.54. The minimum absolute atomic E-state index is 0.158. The molecule has 0 spiro atoms. The van der Waals surface area contributed by atoms with Gasteiger partial charge in [0, 0.05) is 16.1 Å². The molecule has 0 aliphatic rings. The van der Waals surface area contributed by atoms with Gasteiger partial charge in [-0.25, -0.2) is 5.43 Å². The maximum Gasteiger partial charge on any atom is 0.250 e. The molecule has 0 saturated heterocycles. The molecule has 0 aliphatic carbocycles. The standard InChI is InChI=1S/C24H23N5O2S2/c1-3-31-20-13-11-19(12-14-20)29-23(18-8-5-4-6-9-18)27-28-24(29)33-16-22(30)26-25-17(2)21-10-7-15-32-21/h4-15H,3,16H2,1-2H3,(H,26,30)/b25-17-. The van der Waals surface area contributed by atoms with Crippen LogP contribution in [-0.4, -0.2) is 38.7 Å². The molecule has 4 aromatic rings. The van der Waals surface area contributed by atoms with E-state index in [4.69, 9.17) is 4.74 Å². The van der Waals surface area contributed by atoms with Gasteiger partial charge in [-0.2, -0.15) is 5.10 Å². The Balaban J connectivity index is 1.54. The van der Waals surface area contributed by atoms with Crippen LogP contribution in [0, 0.1) is 0 Å². The van der Waals surface area contributed by atoms with Crippen LogP contribution in [0.2, 0.25) is 0 Å². The van der Waals surface area contributed by atoms with Gasteiger partial charge in [0.25, 0.3) is 5.91 Å². The lowest BCUT2D eigenvalue weighted by atomic mass is 10.2. The normalized spacial score (nSPS) is 11.4. The molecule has 2 aromatic heterocycles. The van der Waals surface area contributed by atoms with Gasteiger partial charge in [-0.15, -0.1) is 21.5 Å². The van der Waals surface area contributed by atoms with E-state index in [1.54, 1.807) is 11.3 Å². The smallest absolute Gasteiger partial charge is 0.250 e. The first-order valence-electron chi connectivity index (χ1n) is 10.4. The lowest BCUT2D eigenvalue weighted by Crippen LogP contribution is -2.21. The number of aromatic nitrogens is 3. The topological polar surface area (TPSA) is 81.4 Å². The molecular weight excluding hydrogens is 454 g/mol. The third-order valence-electron chi connectivity index (χ3n) is 4.63. The number of thioether (sulfide) groups is 1. The second-order valence-corrected chi connectivity index (χ2v) is 8.82. The van der Waals surface area contributed by atoms with Crippen molar-refractivity contribution in [2.75, 3.05) is 12.4 Å². The highest BCUT2D eigenvalue weighted by molar-refractivity contribution is 7.99. The summed E-state index contributed by atoms with van der Waals surface area (Å²) in [6, 6.07) is 21.5. The van der Waals surface area contributed by atoms with Gasteiger partial charge in [0.2, 0.25) is 0 Å². The fraction of sp³-hybridized carbons (Fsp3) is 0.167. The van der Waals surface area contributed by atoms with Crippen molar-refractivity contribution >= 4 is 34.7 Å². The molecule has 1 amide bonds. The molecule has 2 heterocycles. The Bertz CT molecular complexity index is 1220. The van der Waals surface area contributed by atoms with Crippen LogP contribution in [0.4, 0.5) is 0 Å². The fourth-order valence-electron chi connectivity index (χ4n) is 3.08. The van der Waals surface area contributed by atoms with E-state index in [0.29, 0.717) is 17.6 Å². The second-order valence-electron chi connectivity index (χ2n) is 6.93. The van der Waals surface area contributed by atoms with Crippen molar-refractivity contribution in [3.8, 4) is 22.8 Å². The number of rotatable bonds is 9. The van der Waals surface area contributed by atoms with Crippen LogP contribution in [0.1, 0.15) is 18.7 Å². The molecule has 33 heavy (non-hydrogen) atoms. The maximum absolute atomic E-state index is 12.4. The minimum atomic E-state index is -0.210. The molecule has 2 aromatic carbocycles. The Morgan fingerprint density at radius 1 is 1.09 bits per heavy atom. The molecule has 0 saturated carbocycles. The molecule has 168 valence electrons. The number of hydrazone groups is 1. The Hall–Kier alpha value is -3.43. The summed E-state index contributed by atoms with van der Waals surface area (Å²) in [5.41, 5.74) is 5.21. The van der Waals surface area contributed by atoms with Crippen molar-refractivity contribution < 1.29 is 9.53 Å². The van der Waals surface area contributed by atoms with Crippen LogP contribution >= 0.6 is 23.1 Å². The van der Waals surface area contributed by atoms with E-state index in [1.807, 2.05) is 90.5 Å². The Morgan fingerprint density at radius 2 is 1.88 bits per heavy atom. The number of benzene rings is 2. The lowest BCUT2D eigenvalue weighted by Gasteiger charge is -2.11. The largest absolute Gasteiger partial charge is 0.494 e. The van der Waals surface area contributed by atoms with Gasteiger partial charge in [-0.1, -0.05) is 48.2 Å². The molecular formula is C24H23N5O2S2. The molecule has 1 N–H and O–H groups in total. The van der Waals surface area contributed by atoms with Gasteiger partial charge >= 0.3 is 0 Å². The predicted molar refractivity (Wildman–Crippen MR) is 133 cm³/mol. The first-order chi connectivity index (χ1) is 16.2. The first-order valence-corrected chi connectivity index (χ1v) is 12.3. The highest BCUT2D eigenvalue weighted by atomic mass is 32.2.